The van der Waals surface area contributed by atoms with Crippen molar-refractivity contribution >= 4 is 11.6 Å². The van der Waals surface area contributed by atoms with E-state index in [0.717, 1.165) is 37.8 Å². The molecule has 1 aromatic rings. The molecule has 1 amide bonds. The topological polar surface area (TPSA) is 55.1 Å². The van der Waals surface area contributed by atoms with Gasteiger partial charge in [-0.15, -0.1) is 0 Å². The van der Waals surface area contributed by atoms with E-state index in [4.69, 9.17) is 5.73 Å². The Morgan fingerprint density at radius 3 is 2.25 bits per heavy atom. The van der Waals surface area contributed by atoms with Crippen LogP contribution in [0.15, 0.2) is 24.3 Å². The first-order chi connectivity index (χ1) is 9.60. The third-order valence-corrected chi connectivity index (χ3v) is 3.74. The number of carbonyl (C=O) groups is 1. The van der Waals surface area contributed by atoms with Crippen LogP contribution in [-0.2, 0) is 11.2 Å². The Bertz CT molecular complexity index is 396. The predicted molar refractivity (Wildman–Crippen MR) is 85.7 cm³/mol. The lowest BCUT2D eigenvalue weighted by atomic mass is 10.0. The van der Waals surface area contributed by atoms with Crippen molar-refractivity contribution < 1.29 is 4.79 Å². The number of hydrogen-bond donors (Lipinski definition) is 2. The van der Waals surface area contributed by atoms with Crippen molar-refractivity contribution in [2.45, 2.75) is 58.9 Å². The van der Waals surface area contributed by atoms with E-state index in [1.165, 1.54) is 5.56 Å². The molecule has 1 rings (SSSR count). The summed E-state index contributed by atoms with van der Waals surface area (Å²) in [5.41, 5.74) is 8.14. The summed E-state index contributed by atoms with van der Waals surface area (Å²) >= 11 is 0. The number of benzene rings is 1. The Labute approximate surface area is 122 Å². The minimum atomic E-state index is 0.104. The Morgan fingerprint density at radius 1 is 1.15 bits per heavy atom. The lowest BCUT2D eigenvalue weighted by molar-refractivity contribution is -0.120. The van der Waals surface area contributed by atoms with E-state index in [2.05, 4.69) is 24.4 Å². The van der Waals surface area contributed by atoms with Crippen molar-refractivity contribution in [3.05, 3.63) is 29.8 Å². The van der Waals surface area contributed by atoms with E-state index in [9.17, 15) is 4.79 Å². The molecule has 0 heterocycles. The number of anilines is 1. The summed E-state index contributed by atoms with van der Waals surface area (Å²) in [6.07, 6.45) is 4.82. The first kappa shape index (κ1) is 16.7. The summed E-state index contributed by atoms with van der Waals surface area (Å²) in [7, 11) is 0. The average Bonchev–Trinajstić information content (AvgIpc) is 2.42. The fourth-order valence-corrected chi connectivity index (χ4v) is 2.40. The maximum atomic E-state index is 12.0. The molecule has 0 bridgehead atoms. The van der Waals surface area contributed by atoms with Crippen LogP contribution in [0.1, 0.15) is 52.0 Å². The zero-order chi connectivity index (χ0) is 15.0. The summed E-state index contributed by atoms with van der Waals surface area (Å²) in [6.45, 7) is 6.24. The van der Waals surface area contributed by atoms with Gasteiger partial charge in [-0.3, -0.25) is 4.79 Å². The second-order valence-electron chi connectivity index (χ2n) is 5.45. The molecular formula is C17H28N2O. The van der Waals surface area contributed by atoms with Crippen molar-refractivity contribution in [3.8, 4) is 0 Å². The van der Waals surface area contributed by atoms with Crippen molar-refractivity contribution in [2.24, 2.45) is 11.7 Å². The lowest BCUT2D eigenvalue weighted by Gasteiger charge is -2.14. The Hall–Kier alpha value is -1.35. The second-order valence-corrected chi connectivity index (χ2v) is 5.45. The van der Waals surface area contributed by atoms with Gasteiger partial charge < -0.3 is 11.1 Å². The maximum absolute atomic E-state index is 12.0. The van der Waals surface area contributed by atoms with Crippen LogP contribution >= 0.6 is 0 Å². The van der Waals surface area contributed by atoms with Gasteiger partial charge in [0.05, 0.1) is 0 Å². The predicted octanol–water partition coefficient (Wildman–Crippen LogP) is 3.73. The summed E-state index contributed by atoms with van der Waals surface area (Å²) in [6, 6.07) is 8.27. The van der Waals surface area contributed by atoms with Gasteiger partial charge in [-0.2, -0.15) is 0 Å². The molecule has 3 heteroatoms. The number of nitrogens with two attached hydrogens (primary N) is 1. The van der Waals surface area contributed by atoms with Gasteiger partial charge in [0.15, 0.2) is 0 Å². The maximum Gasteiger partial charge on any atom is 0.227 e. The van der Waals surface area contributed by atoms with Crippen LogP contribution in [0.3, 0.4) is 0 Å². The average molecular weight is 276 g/mol. The number of carbonyl (C=O) groups excluding carboxylic acids is 1. The summed E-state index contributed by atoms with van der Waals surface area (Å²) in [5.74, 6) is 0.220. The highest BCUT2D eigenvalue weighted by molar-refractivity contribution is 5.92. The quantitative estimate of drug-likeness (QED) is 0.760. The first-order valence-electron chi connectivity index (χ1n) is 7.76. The molecule has 1 atom stereocenters. The van der Waals surface area contributed by atoms with Gasteiger partial charge in [0.2, 0.25) is 5.91 Å². The molecular weight excluding hydrogens is 248 g/mol. The number of nitrogens with one attached hydrogen (secondary N) is 1. The van der Waals surface area contributed by atoms with Crippen LogP contribution in [0, 0.1) is 5.92 Å². The van der Waals surface area contributed by atoms with Crippen molar-refractivity contribution in [1.82, 2.24) is 0 Å². The largest absolute Gasteiger partial charge is 0.327 e. The fraction of sp³-hybridized carbons (Fsp3) is 0.588. The van der Waals surface area contributed by atoms with E-state index in [1.807, 2.05) is 26.0 Å². The van der Waals surface area contributed by atoms with Gasteiger partial charge in [0, 0.05) is 17.6 Å². The standard InChI is InChI=1S/C17H28N2O/c1-4-7-15(18)12-13-8-10-16(11-9-13)19-17(20)14(5-2)6-3/h8-11,14-15H,4-7,12,18H2,1-3H3,(H,19,20). The van der Waals surface area contributed by atoms with Crippen LogP contribution < -0.4 is 11.1 Å². The van der Waals surface area contributed by atoms with Crippen molar-refractivity contribution in [2.75, 3.05) is 5.32 Å². The molecule has 0 aliphatic rings. The molecule has 0 saturated carbocycles. The molecule has 0 radical (unpaired) electrons. The van der Waals surface area contributed by atoms with E-state index >= 15 is 0 Å². The summed E-state index contributed by atoms with van der Waals surface area (Å²) in [5, 5.41) is 2.98. The van der Waals surface area contributed by atoms with Gasteiger partial charge in [-0.1, -0.05) is 39.3 Å². The van der Waals surface area contributed by atoms with Crippen LogP contribution in [0.2, 0.25) is 0 Å². The summed E-state index contributed by atoms with van der Waals surface area (Å²) in [4.78, 5) is 12.0. The van der Waals surface area contributed by atoms with Crippen molar-refractivity contribution in [3.63, 3.8) is 0 Å². The van der Waals surface area contributed by atoms with Gasteiger partial charge in [0.1, 0.15) is 0 Å². The Balaban J connectivity index is 2.56. The van der Waals surface area contributed by atoms with Crippen LogP contribution in [0.4, 0.5) is 5.69 Å². The second kappa shape index (κ2) is 8.75. The molecule has 112 valence electrons. The molecule has 3 N–H and O–H groups in total. The number of amides is 1. The normalized spacial score (nSPS) is 12.4. The third kappa shape index (κ3) is 5.33. The van der Waals surface area contributed by atoms with E-state index in [-0.39, 0.29) is 17.9 Å². The lowest BCUT2D eigenvalue weighted by Crippen LogP contribution is -2.22. The monoisotopic (exact) mass is 276 g/mol. The zero-order valence-electron chi connectivity index (χ0n) is 13.0. The minimum Gasteiger partial charge on any atom is -0.327 e. The van der Waals surface area contributed by atoms with E-state index in [0.29, 0.717) is 0 Å². The van der Waals surface area contributed by atoms with Crippen LogP contribution in [-0.4, -0.2) is 11.9 Å². The van der Waals surface area contributed by atoms with Crippen molar-refractivity contribution in [1.29, 1.82) is 0 Å². The molecule has 1 unspecified atom stereocenters. The number of rotatable bonds is 8. The molecule has 1 aromatic carbocycles. The third-order valence-electron chi connectivity index (χ3n) is 3.74. The molecule has 0 aromatic heterocycles. The van der Waals surface area contributed by atoms with E-state index in [1.54, 1.807) is 0 Å². The smallest absolute Gasteiger partial charge is 0.227 e. The Morgan fingerprint density at radius 2 is 1.75 bits per heavy atom. The Kier molecular flexibility index (Phi) is 7.31. The molecule has 0 saturated heterocycles. The highest BCUT2D eigenvalue weighted by Gasteiger charge is 2.13. The summed E-state index contributed by atoms with van der Waals surface area (Å²) < 4.78 is 0. The SMILES string of the molecule is CCCC(N)Cc1ccc(NC(=O)C(CC)CC)cc1. The highest BCUT2D eigenvalue weighted by Crippen LogP contribution is 2.15. The molecule has 0 aliphatic heterocycles. The van der Waals surface area contributed by atoms with Gasteiger partial charge in [0.25, 0.3) is 0 Å². The zero-order valence-corrected chi connectivity index (χ0v) is 13.0. The first-order valence-corrected chi connectivity index (χ1v) is 7.76. The molecule has 0 spiro atoms. The highest BCUT2D eigenvalue weighted by atomic mass is 16.1. The minimum absolute atomic E-state index is 0.104. The molecule has 0 fully saturated rings. The van der Waals surface area contributed by atoms with Crippen LogP contribution in [0.5, 0.6) is 0 Å². The van der Waals surface area contributed by atoms with Gasteiger partial charge in [-0.25, -0.2) is 0 Å². The fourth-order valence-electron chi connectivity index (χ4n) is 2.40. The number of hydrogen-bond acceptors (Lipinski definition) is 2. The van der Waals surface area contributed by atoms with Gasteiger partial charge >= 0.3 is 0 Å². The molecule has 0 aliphatic carbocycles. The molecule has 20 heavy (non-hydrogen) atoms. The van der Waals surface area contributed by atoms with E-state index < -0.39 is 0 Å². The van der Waals surface area contributed by atoms with Gasteiger partial charge in [-0.05, 0) is 43.4 Å². The molecule has 3 nitrogen and oxygen atoms in total. The van der Waals surface area contributed by atoms with Crippen LogP contribution in [0.25, 0.3) is 0 Å².